The highest BCUT2D eigenvalue weighted by molar-refractivity contribution is 7.99. The van der Waals surface area contributed by atoms with E-state index >= 15 is 0 Å². The van der Waals surface area contributed by atoms with E-state index in [1.165, 1.54) is 18.6 Å². The number of carbonyl (C=O) groups is 1. The Bertz CT molecular complexity index is 467. The largest absolute Gasteiger partial charge is 0.396 e. The van der Waals surface area contributed by atoms with Gasteiger partial charge in [0.15, 0.2) is 0 Å². The summed E-state index contributed by atoms with van der Waals surface area (Å²) in [6.07, 6.45) is 6.49. The fourth-order valence-corrected chi connectivity index (χ4v) is 3.46. The molecular weight excluding hydrogens is 263 g/mol. The molecule has 19 heavy (non-hydrogen) atoms. The second kappa shape index (κ2) is 6.28. The second-order valence-electron chi connectivity index (χ2n) is 4.84. The monoisotopic (exact) mass is 282 g/mol. The number of rotatable bonds is 3. The highest BCUT2D eigenvalue weighted by Crippen LogP contribution is 2.27. The molecule has 1 amide bonds. The summed E-state index contributed by atoms with van der Waals surface area (Å²) < 4.78 is 13.4. The topological polar surface area (TPSA) is 55.1 Å². The molecule has 0 aliphatic heterocycles. The molecule has 104 valence electrons. The lowest BCUT2D eigenvalue weighted by molar-refractivity contribution is 0.0930. The Morgan fingerprint density at radius 1 is 1.42 bits per heavy atom. The summed E-state index contributed by atoms with van der Waals surface area (Å²) in [4.78, 5) is 12.2. The van der Waals surface area contributed by atoms with Crippen LogP contribution in [0.25, 0.3) is 0 Å². The van der Waals surface area contributed by atoms with Crippen LogP contribution in [0, 0.1) is 5.82 Å². The predicted octanol–water partition coefficient (Wildman–Crippen LogP) is 2.81. The molecule has 0 bridgehead atoms. The minimum Gasteiger partial charge on any atom is -0.396 e. The molecule has 1 aliphatic rings. The van der Waals surface area contributed by atoms with Crippen molar-refractivity contribution < 1.29 is 9.18 Å². The maximum atomic E-state index is 13.4. The number of anilines is 1. The predicted molar refractivity (Wildman–Crippen MR) is 77.8 cm³/mol. The Labute approximate surface area is 117 Å². The summed E-state index contributed by atoms with van der Waals surface area (Å²) in [5, 5.41) is 3.44. The Morgan fingerprint density at radius 2 is 2.16 bits per heavy atom. The van der Waals surface area contributed by atoms with Gasteiger partial charge >= 0.3 is 0 Å². The van der Waals surface area contributed by atoms with Gasteiger partial charge in [0.1, 0.15) is 5.82 Å². The van der Waals surface area contributed by atoms with Crippen molar-refractivity contribution >= 4 is 23.4 Å². The zero-order valence-electron chi connectivity index (χ0n) is 11.0. The molecule has 0 saturated heterocycles. The Morgan fingerprint density at radius 3 is 2.89 bits per heavy atom. The van der Waals surface area contributed by atoms with Gasteiger partial charge in [-0.3, -0.25) is 4.79 Å². The van der Waals surface area contributed by atoms with Gasteiger partial charge in [-0.25, -0.2) is 4.39 Å². The van der Waals surface area contributed by atoms with Crippen molar-refractivity contribution in [3.63, 3.8) is 0 Å². The number of halogens is 1. The summed E-state index contributed by atoms with van der Waals surface area (Å²) in [7, 11) is 0. The molecule has 2 unspecified atom stereocenters. The SMILES string of the molecule is CSC1CCCCC1NC(=O)c1cccc(F)c1N. The first-order chi connectivity index (χ1) is 9.13. The van der Waals surface area contributed by atoms with Crippen LogP contribution in [0.2, 0.25) is 0 Å². The molecule has 0 spiro atoms. The molecule has 1 aromatic rings. The lowest BCUT2D eigenvalue weighted by atomic mass is 9.94. The number of hydrogen-bond acceptors (Lipinski definition) is 3. The van der Waals surface area contributed by atoms with E-state index in [1.807, 2.05) is 0 Å². The average Bonchev–Trinajstić information content (AvgIpc) is 2.42. The fraction of sp³-hybridized carbons (Fsp3) is 0.500. The minimum atomic E-state index is -0.544. The van der Waals surface area contributed by atoms with E-state index in [9.17, 15) is 9.18 Å². The molecule has 5 heteroatoms. The van der Waals surface area contributed by atoms with E-state index in [-0.39, 0.29) is 23.2 Å². The number of nitrogen functional groups attached to an aromatic ring is 1. The van der Waals surface area contributed by atoms with E-state index in [0.717, 1.165) is 19.3 Å². The molecule has 3 nitrogen and oxygen atoms in total. The van der Waals surface area contributed by atoms with Gasteiger partial charge in [0.2, 0.25) is 0 Å². The van der Waals surface area contributed by atoms with Gasteiger partial charge in [-0.15, -0.1) is 0 Å². The van der Waals surface area contributed by atoms with Gasteiger partial charge < -0.3 is 11.1 Å². The van der Waals surface area contributed by atoms with E-state index in [2.05, 4.69) is 11.6 Å². The fourth-order valence-electron chi connectivity index (χ4n) is 2.53. The summed E-state index contributed by atoms with van der Waals surface area (Å²) in [5.41, 5.74) is 5.77. The van der Waals surface area contributed by atoms with Gasteiger partial charge in [0.05, 0.1) is 11.3 Å². The minimum absolute atomic E-state index is 0.0727. The van der Waals surface area contributed by atoms with E-state index in [1.54, 1.807) is 17.8 Å². The number of benzene rings is 1. The molecule has 1 aliphatic carbocycles. The summed E-state index contributed by atoms with van der Waals surface area (Å²) in [6, 6.07) is 4.48. The number of amides is 1. The molecule has 1 aromatic carbocycles. The van der Waals surface area contributed by atoms with Crippen LogP contribution in [0.4, 0.5) is 10.1 Å². The maximum Gasteiger partial charge on any atom is 0.253 e. The second-order valence-corrected chi connectivity index (χ2v) is 5.92. The average molecular weight is 282 g/mol. The van der Waals surface area contributed by atoms with Crippen LogP contribution in [0.15, 0.2) is 18.2 Å². The van der Waals surface area contributed by atoms with Crippen molar-refractivity contribution in [1.29, 1.82) is 0 Å². The van der Waals surface area contributed by atoms with Crippen LogP contribution in [0.3, 0.4) is 0 Å². The molecule has 0 radical (unpaired) electrons. The lowest BCUT2D eigenvalue weighted by Crippen LogP contribution is -2.43. The van der Waals surface area contributed by atoms with Crippen molar-refractivity contribution in [3.05, 3.63) is 29.6 Å². The van der Waals surface area contributed by atoms with E-state index in [4.69, 9.17) is 5.73 Å². The van der Waals surface area contributed by atoms with Crippen molar-refractivity contribution in [2.45, 2.75) is 37.0 Å². The van der Waals surface area contributed by atoms with Crippen LogP contribution in [0.5, 0.6) is 0 Å². The highest BCUT2D eigenvalue weighted by Gasteiger charge is 2.26. The Hall–Kier alpha value is -1.23. The Kier molecular flexibility index (Phi) is 4.69. The number of carbonyl (C=O) groups excluding carboxylic acids is 1. The van der Waals surface area contributed by atoms with Crippen LogP contribution in [-0.2, 0) is 0 Å². The van der Waals surface area contributed by atoms with Gasteiger partial charge in [-0.1, -0.05) is 18.9 Å². The molecule has 1 saturated carbocycles. The van der Waals surface area contributed by atoms with Crippen LogP contribution >= 0.6 is 11.8 Å². The van der Waals surface area contributed by atoms with Crippen molar-refractivity contribution in [2.75, 3.05) is 12.0 Å². The number of nitrogens with one attached hydrogen (secondary N) is 1. The van der Waals surface area contributed by atoms with Gasteiger partial charge in [-0.05, 0) is 31.2 Å². The molecule has 0 heterocycles. The molecular formula is C14H19FN2OS. The molecule has 3 N–H and O–H groups in total. The molecule has 0 aromatic heterocycles. The molecule has 2 atom stereocenters. The van der Waals surface area contributed by atoms with Crippen LogP contribution in [-0.4, -0.2) is 23.5 Å². The molecule has 2 rings (SSSR count). The third-order valence-electron chi connectivity index (χ3n) is 3.62. The van der Waals surface area contributed by atoms with Gasteiger partial charge in [0, 0.05) is 11.3 Å². The summed E-state index contributed by atoms with van der Waals surface area (Å²) >= 11 is 1.78. The van der Waals surface area contributed by atoms with Gasteiger partial charge in [-0.2, -0.15) is 11.8 Å². The summed E-state index contributed by atoms with van der Waals surface area (Å²) in [5.74, 6) is -0.819. The van der Waals surface area contributed by atoms with Crippen molar-refractivity contribution in [2.24, 2.45) is 0 Å². The standard InChI is InChI=1S/C14H19FN2OS/c1-19-12-8-3-2-7-11(12)17-14(18)9-5-4-6-10(15)13(9)16/h4-6,11-12H,2-3,7-8,16H2,1H3,(H,17,18). The smallest absolute Gasteiger partial charge is 0.253 e. The number of thioether (sulfide) groups is 1. The number of para-hydroxylation sites is 1. The first kappa shape index (κ1) is 14.2. The van der Waals surface area contributed by atoms with E-state index in [0.29, 0.717) is 5.25 Å². The number of nitrogens with two attached hydrogens (primary N) is 1. The number of hydrogen-bond donors (Lipinski definition) is 2. The highest BCUT2D eigenvalue weighted by atomic mass is 32.2. The third-order valence-corrected chi connectivity index (χ3v) is 4.79. The quantitative estimate of drug-likeness (QED) is 0.838. The zero-order valence-corrected chi connectivity index (χ0v) is 11.8. The zero-order chi connectivity index (χ0) is 13.8. The van der Waals surface area contributed by atoms with Crippen molar-refractivity contribution in [1.82, 2.24) is 5.32 Å². The van der Waals surface area contributed by atoms with E-state index < -0.39 is 5.82 Å². The first-order valence-electron chi connectivity index (χ1n) is 6.51. The van der Waals surface area contributed by atoms with Crippen molar-refractivity contribution in [3.8, 4) is 0 Å². The Balaban J connectivity index is 2.09. The van der Waals surface area contributed by atoms with Crippen LogP contribution < -0.4 is 11.1 Å². The third kappa shape index (κ3) is 3.21. The summed E-state index contributed by atoms with van der Waals surface area (Å²) in [6.45, 7) is 0. The molecule has 1 fully saturated rings. The maximum absolute atomic E-state index is 13.4. The lowest BCUT2D eigenvalue weighted by Gasteiger charge is -2.31. The normalized spacial score (nSPS) is 23.1. The first-order valence-corrected chi connectivity index (χ1v) is 7.80. The van der Waals surface area contributed by atoms with Crippen LogP contribution in [0.1, 0.15) is 36.0 Å². The van der Waals surface area contributed by atoms with Gasteiger partial charge in [0.25, 0.3) is 5.91 Å².